The Morgan fingerprint density at radius 3 is 2.00 bits per heavy atom. The monoisotopic (exact) mass is 306 g/mol. The van der Waals surface area contributed by atoms with Gasteiger partial charge in [-0.15, -0.1) is 0 Å². The van der Waals surface area contributed by atoms with E-state index < -0.39 is 16.1 Å². The van der Waals surface area contributed by atoms with Crippen LogP contribution in [0.15, 0.2) is 12.2 Å². The van der Waals surface area contributed by atoms with Crippen LogP contribution in [0.2, 0.25) is 0 Å². The molecule has 0 saturated carbocycles. The van der Waals surface area contributed by atoms with Gasteiger partial charge in [0.2, 0.25) is 0 Å². The van der Waals surface area contributed by atoms with E-state index in [0.29, 0.717) is 6.42 Å². The smallest absolute Gasteiger partial charge is 0.276 e. The van der Waals surface area contributed by atoms with Crippen molar-refractivity contribution in [3.05, 3.63) is 12.2 Å². The second-order valence-electron chi connectivity index (χ2n) is 4.96. The molecule has 20 heavy (non-hydrogen) atoms. The zero-order valence-electron chi connectivity index (χ0n) is 12.5. The van der Waals surface area contributed by atoms with Gasteiger partial charge < -0.3 is 0 Å². The molecule has 0 N–H and O–H groups in total. The Labute approximate surface area is 122 Å². The van der Waals surface area contributed by atoms with Gasteiger partial charge in [0.15, 0.2) is 0 Å². The van der Waals surface area contributed by atoms with Gasteiger partial charge in [-0.2, -0.15) is 8.42 Å². The lowest BCUT2D eigenvalue weighted by atomic mass is 10.1. The van der Waals surface area contributed by atoms with E-state index in [9.17, 15) is 13.2 Å². The Morgan fingerprint density at radius 2 is 1.50 bits per heavy atom. The third-order valence-corrected chi connectivity index (χ3v) is 3.87. The molecule has 0 aromatic heterocycles. The third-order valence-electron chi connectivity index (χ3n) is 2.81. The van der Waals surface area contributed by atoms with Crippen LogP contribution in [-0.2, 0) is 24.1 Å². The maximum Gasteiger partial charge on any atom is 0.369 e. The van der Waals surface area contributed by atoms with Crippen LogP contribution in [0.4, 0.5) is 0 Å². The molecule has 118 valence electrons. The maximum atomic E-state index is 11.4. The zero-order chi connectivity index (χ0) is 15.4. The van der Waals surface area contributed by atoms with E-state index >= 15 is 0 Å². The van der Waals surface area contributed by atoms with Crippen molar-refractivity contribution in [3.8, 4) is 0 Å². The second kappa shape index (κ2) is 10.9. The highest BCUT2D eigenvalue weighted by Crippen LogP contribution is 2.10. The SMILES string of the molecule is C=C(C)C(=O)OOS(=O)(=O)CCCCCCCCCC. The van der Waals surface area contributed by atoms with Crippen molar-refractivity contribution in [2.45, 2.75) is 65.2 Å². The summed E-state index contributed by atoms with van der Waals surface area (Å²) in [6.07, 6.45) is 8.43. The molecule has 0 rings (SSSR count). The number of unbranched alkanes of at least 4 members (excludes halogenated alkanes) is 7. The topological polar surface area (TPSA) is 69.7 Å². The van der Waals surface area contributed by atoms with E-state index in [2.05, 4.69) is 22.7 Å². The minimum atomic E-state index is -3.80. The maximum absolute atomic E-state index is 11.4. The first-order chi connectivity index (χ1) is 9.39. The quantitative estimate of drug-likeness (QED) is 0.239. The van der Waals surface area contributed by atoms with Crippen LogP contribution in [-0.4, -0.2) is 20.1 Å². The minimum Gasteiger partial charge on any atom is -0.276 e. The Kier molecular flexibility index (Phi) is 10.4. The molecule has 0 aromatic carbocycles. The van der Waals surface area contributed by atoms with Crippen molar-refractivity contribution in [2.24, 2.45) is 0 Å². The lowest BCUT2D eigenvalue weighted by Gasteiger charge is -2.04. The summed E-state index contributed by atoms with van der Waals surface area (Å²) in [5.74, 6) is -1.00. The van der Waals surface area contributed by atoms with E-state index in [1.165, 1.54) is 32.6 Å². The van der Waals surface area contributed by atoms with Gasteiger partial charge in [-0.05, 0) is 13.3 Å². The highest BCUT2D eigenvalue weighted by Gasteiger charge is 2.15. The summed E-state index contributed by atoms with van der Waals surface area (Å²) in [5, 5.41) is 0. The van der Waals surface area contributed by atoms with Crippen LogP contribution >= 0.6 is 0 Å². The van der Waals surface area contributed by atoms with Crippen molar-refractivity contribution >= 4 is 16.1 Å². The molecule has 0 heterocycles. The Bertz CT molecular complexity index is 386. The van der Waals surface area contributed by atoms with E-state index in [1.54, 1.807) is 0 Å². The van der Waals surface area contributed by atoms with Crippen molar-refractivity contribution in [1.29, 1.82) is 0 Å². The highest BCUT2D eigenvalue weighted by atomic mass is 32.2. The van der Waals surface area contributed by atoms with Crippen LogP contribution in [0.25, 0.3) is 0 Å². The fraction of sp³-hybridized carbons (Fsp3) is 0.786. The molecule has 0 bridgehead atoms. The summed E-state index contributed by atoms with van der Waals surface area (Å²) in [5.41, 5.74) is 0.0901. The van der Waals surface area contributed by atoms with E-state index in [0.717, 1.165) is 19.3 Å². The fourth-order valence-electron chi connectivity index (χ4n) is 1.60. The summed E-state index contributed by atoms with van der Waals surface area (Å²) < 4.78 is 27.0. The van der Waals surface area contributed by atoms with Gasteiger partial charge in [0.1, 0.15) is 0 Å². The molecule has 0 spiro atoms. The van der Waals surface area contributed by atoms with Gasteiger partial charge in [0.25, 0.3) is 0 Å². The lowest BCUT2D eigenvalue weighted by molar-refractivity contribution is -0.205. The van der Waals surface area contributed by atoms with E-state index in [-0.39, 0.29) is 11.3 Å². The summed E-state index contributed by atoms with van der Waals surface area (Å²) in [6, 6.07) is 0. The molecule has 0 aromatic rings. The molecule has 0 amide bonds. The number of hydrogen-bond donors (Lipinski definition) is 0. The van der Waals surface area contributed by atoms with Crippen molar-refractivity contribution in [3.63, 3.8) is 0 Å². The summed E-state index contributed by atoms with van der Waals surface area (Å²) in [4.78, 5) is 15.1. The Hall–Kier alpha value is -0.880. The third kappa shape index (κ3) is 11.0. The van der Waals surface area contributed by atoms with Crippen LogP contribution < -0.4 is 0 Å². The van der Waals surface area contributed by atoms with E-state index in [1.807, 2.05) is 0 Å². The van der Waals surface area contributed by atoms with Crippen LogP contribution in [0, 0.1) is 0 Å². The largest absolute Gasteiger partial charge is 0.369 e. The molecule has 0 aliphatic carbocycles. The molecular formula is C14H26O5S. The number of rotatable bonds is 12. The molecular weight excluding hydrogens is 280 g/mol. The van der Waals surface area contributed by atoms with Crippen LogP contribution in [0.1, 0.15) is 65.2 Å². The molecule has 0 atom stereocenters. The van der Waals surface area contributed by atoms with Gasteiger partial charge >= 0.3 is 16.1 Å². The van der Waals surface area contributed by atoms with Crippen molar-refractivity contribution in [1.82, 2.24) is 0 Å². The normalized spacial score (nSPS) is 11.3. The van der Waals surface area contributed by atoms with Gasteiger partial charge in [-0.3, -0.25) is 4.89 Å². The van der Waals surface area contributed by atoms with Crippen molar-refractivity contribution in [2.75, 3.05) is 5.75 Å². The highest BCUT2D eigenvalue weighted by molar-refractivity contribution is 7.86. The number of carbonyl (C=O) groups is 1. The molecule has 0 radical (unpaired) electrons. The molecule has 0 fully saturated rings. The first-order valence-corrected chi connectivity index (χ1v) is 8.75. The average molecular weight is 306 g/mol. The predicted octanol–water partition coefficient (Wildman–Crippen LogP) is 3.51. The minimum absolute atomic E-state index is 0.0901. The predicted molar refractivity (Wildman–Crippen MR) is 78.4 cm³/mol. The molecule has 5 nitrogen and oxygen atoms in total. The van der Waals surface area contributed by atoms with Gasteiger partial charge in [0, 0.05) is 5.57 Å². The summed E-state index contributed by atoms with van der Waals surface area (Å²) in [7, 11) is -3.80. The summed E-state index contributed by atoms with van der Waals surface area (Å²) >= 11 is 0. The fourth-order valence-corrected chi connectivity index (χ4v) is 2.39. The van der Waals surface area contributed by atoms with E-state index in [4.69, 9.17) is 0 Å². The van der Waals surface area contributed by atoms with Gasteiger partial charge in [-0.25, -0.2) is 4.79 Å². The first kappa shape index (κ1) is 19.1. The van der Waals surface area contributed by atoms with Gasteiger partial charge in [0.05, 0.1) is 5.75 Å². The zero-order valence-corrected chi connectivity index (χ0v) is 13.3. The molecule has 0 aliphatic heterocycles. The van der Waals surface area contributed by atoms with Crippen LogP contribution in [0.3, 0.4) is 0 Å². The molecule has 6 heteroatoms. The number of hydrogen-bond acceptors (Lipinski definition) is 5. The first-order valence-electron chi connectivity index (χ1n) is 7.17. The molecule has 0 unspecified atom stereocenters. The Balaban J connectivity index is 3.63. The number of carbonyl (C=O) groups excluding carboxylic acids is 1. The standard InChI is InChI=1S/C14H26O5S/c1-4-5-6-7-8-9-10-11-12-20(16,17)19-18-14(15)13(2)3/h2,4-12H2,1,3H3. The van der Waals surface area contributed by atoms with Crippen molar-refractivity contribution < 1.29 is 22.4 Å². The second-order valence-corrected chi connectivity index (χ2v) is 6.62. The molecule has 0 saturated heterocycles. The lowest BCUT2D eigenvalue weighted by Crippen LogP contribution is -2.15. The van der Waals surface area contributed by atoms with Gasteiger partial charge in [-0.1, -0.05) is 62.8 Å². The Morgan fingerprint density at radius 1 is 1.00 bits per heavy atom. The van der Waals surface area contributed by atoms with Crippen LogP contribution in [0.5, 0.6) is 0 Å². The summed E-state index contributed by atoms with van der Waals surface area (Å²) in [6.45, 7) is 6.91. The molecule has 0 aliphatic rings. The average Bonchev–Trinajstić information content (AvgIpc) is 2.39.